The van der Waals surface area contributed by atoms with Crippen LogP contribution in [0.3, 0.4) is 0 Å². The first-order chi connectivity index (χ1) is 12.6. The molecule has 3 rings (SSSR count). The first-order valence-corrected chi connectivity index (χ1v) is 9.41. The van der Waals surface area contributed by atoms with E-state index in [0.29, 0.717) is 23.5 Å². The van der Waals surface area contributed by atoms with Crippen LogP contribution in [0, 0.1) is 21.4 Å². The van der Waals surface area contributed by atoms with E-state index >= 15 is 0 Å². The smallest absolute Gasteiger partial charge is 0.306 e. The SMILES string of the molecule is N#Cc1c(NC(=O)CCCn2cc([N+](=O)[O-])cn2)sc2c1CCCCC2. The average Bonchev–Trinajstić information content (AvgIpc) is 3.13. The molecule has 0 radical (unpaired) electrons. The summed E-state index contributed by atoms with van der Waals surface area (Å²) < 4.78 is 1.46. The van der Waals surface area contributed by atoms with Crippen molar-refractivity contribution in [2.75, 3.05) is 5.32 Å². The Hall–Kier alpha value is -2.73. The number of fused-ring (bicyclic) bond motifs is 1. The monoisotopic (exact) mass is 373 g/mol. The Balaban J connectivity index is 1.56. The second-order valence-corrected chi connectivity index (χ2v) is 7.36. The van der Waals surface area contributed by atoms with E-state index in [4.69, 9.17) is 0 Å². The number of nitriles is 1. The molecule has 0 fully saturated rings. The number of aryl methyl sites for hydroxylation is 2. The van der Waals surface area contributed by atoms with Gasteiger partial charge in [0.2, 0.25) is 5.91 Å². The minimum atomic E-state index is -0.500. The highest BCUT2D eigenvalue weighted by Gasteiger charge is 2.20. The van der Waals surface area contributed by atoms with E-state index in [1.807, 2.05) is 0 Å². The zero-order valence-corrected chi connectivity index (χ0v) is 15.0. The number of aromatic nitrogens is 2. The first-order valence-electron chi connectivity index (χ1n) is 8.60. The predicted octanol–water partition coefficient (Wildman–Crippen LogP) is 3.41. The Labute approximate surface area is 154 Å². The lowest BCUT2D eigenvalue weighted by molar-refractivity contribution is -0.385. The molecule has 0 aromatic carbocycles. The molecule has 2 aromatic rings. The number of thiophene rings is 1. The van der Waals surface area contributed by atoms with Gasteiger partial charge in [0.05, 0.1) is 10.5 Å². The standard InChI is InChI=1S/C17H19N5O3S/c18-9-14-13-5-2-1-3-6-15(13)26-17(14)20-16(23)7-4-8-21-11-12(10-19-21)22(24)25/h10-11H,1-8H2,(H,20,23). The van der Waals surface area contributed by atoms with Crippen LogP contribution in [0.4, 0.5) is 10.7 Å². The summed E-state index contributed by atoms with van der Waals surface area (Å²) in [5, 5.41) is 27.5. The number of amides is 1. The van der Waals surface area contributed by atoms with Gasteiger partial charge in [-0.25, -0.2) is 0 Å². The fraction of sp³-hybridized carbons (Fsp3) is 0.471. The van der Waals surface area contributed by atoms with Gasteiger partial charge in [-0.1, -0.05) is 6.42 Å². The van der Waals surface area contributed by atoms with E-state index in [2.05, 4.69) is 16.5 Å². The predicted molar refractivity (Wildman–Crippen MR) is 97.0 cm³/mol. The summed E-state index contributed by atoms with van der Waals surface area (Å²) in [5.41, 5.74) is 1.66. The number of rotatable bonds is 6. The maximum absolute atomic E-state index is 12.2. The number of nitro groups is 1. The van der Waals surface area contributed by atoms with Crippen LogP contribution in [0.1, 0.15) is 48.1 Å². The van der Waals surface area contributed by atoms with Crippen molar-refractivity contribution in [2.24, 2.45) is 0 Å². The summed E-state index contributed by atoms with van der Waals surface area (Å²) in [6, 6.07) is 2.25. The summed E-state index contributed by atoms with van der Waals surface area (Å²) in [7, 11) is 0. The quantitative estimate of drug-likeness (QED) is 0.473. The van der Waals surface area contributed by atoms with E-state index in [-0.39, 0.29) is 18.0 Å². The molecule has 8 nitrogen and oxygen atoms in total. The molecule has 0 aliphatic heterocycles. The molecular weight excluding hydrogens is 354 g/mol. The van der Waals surface area contributed by atoms with E-state index in [9.17, 15) is 20.2 Å². The number of carbonyl (C=O) groups excluding carboxylic acids is 1. The molecule has 1 aliphatic rings. The molecule has 9 heteroatoms. The minimum Gasteiger partial charge on any atom is -0.317 e. The van der Waals surface area contributed by atoms with E-state index in [1.54, 1.807) is 0 Å². The van der Waals surface area contributed by atoms with Crippen LogP contribution in [0.25, 0.3) is 0 Å². The Morgan fingerprint density at radius 2 is 2.23 bits per heavy atom. The Morgan fingerprint density at radius 1 is 1.42 bits per heavy atom. The number of nitrogens with one attached hydrogen (secondary N) is 1. The number of carbonyl (C=O) groups is 1. The highest BCUT2D eigenvalue weighted by molar-refractivity contribution is 7.16. The largest absolute Gasteiger partial charge is 0.317 e. The Bertz CT molecular complexity index is 864. The molecule has 0 spiro atoms. The number of hydrogen-bond acceptors (Lipinski definition) is 6. The van der Waals surface area contributed by atoms with Crippen molar-refractivity contribution < 1.29 is 9.72 Å². The summed E-state index contributed by atoms with van der Waals surface area (Å²) in [4.78, 5) is 23.6. The lowest BCUT2D eigenvalue weighted by Gasteiger charge is -2.04. The zero-order chi connectivity index (χ0) is 18.5. The van der Waals surface area contributed by atoms with Crippen LogP contribution in [-0.4, -0.2) is 20.6 Å². The lowest BCUT2D eigenvalue weighted by atomic mass is 10.1. The van der Waals surface area contributed by atoms with Crippen molar-refractivity contribution in [3.8, 4) is 6.07 Å². The zero-order valence-electron chi connectivity index (χ0n) is 14.2. The van der Waals surface area contributed by atoms with Gasteiger partial charge >= 0.3 is 5.69 Å². The third-order valence-corrected chi connectivity index (χ3v) is 5.61. The molecule has 0 bridgehead atoms. The second-order valence-electron chi connectivity index (χ2n) is 6.25. The van der Waals surface area contributed by atoms with Crippen LogP contribution in [0.2, 0.25) is 0 Å². The maximum atomic E-state index is 12.2. The van der Waals surface area contributed by atoms with Crippen molar-refractivity contribution in [3.63, 3.8) is 0 Å². The molecule has 0 unspecified atom stereocenters. The third kappa shape index (κ3) is 4.08. The number of nitrogens with zero attached hydrogens (tertiary/aromatic N) is 4. The van der Waals surface area contributed by atoms with E-state index < -0.39 is 4.92 Å². The van der Waals surface area contributed by atoms with Crippen LogP contribution in [0.15, 0.2) is 12.4 Å². The molecule has 2 heterocycles. The first kappa shape index (κ1) is 18.1. The lowest BCUT2D eigenvalue weighted by Crippen LogP contribution is -2.12. The molecular formula is C17H19N5O3S. The molecule has 26 heavy (non-hydrogen) atoms. The maximum Gasteiger partial charge on any atom is 0.306 e. The molecule has 0 saturated carbocycles. The third-order valence-electron chi connectivity index (χ3n) is 4.41. The normalized spacial score (nSPS) is 13.5. The van der Waals surface area contributed by atoms with Gasteiger partial charge in [-0.3, -0.25) is 19.6 Å². The van der Waals surface area contributed by atoms with Crippen molar-refractivity contribution >= 4 is 27.9 Å². The number of anilines is 1. The fourth-order valence-electron chi connectivity index (χ4n) is 3.11. The fourth-order valence-corrected chi connectivity index (χ4v) is 4.36. The highest BCUT2D eigenvalue weighted by Crippen LogP contribution is 2.37. The highest BCUT2D eigenvalue weighted by atomic mass is 32.1. The summed E-state index contributed by atoms with van der Waals surface area (Å²) in [6.45, 7) is 0.424. The van der Waals surface area contributed by atoms with Crippen LogP contribution >= 0.6 is 11.3 Å². The topological polar surface area (TPSA) is 114 Å². The van der Waals surface area contributed by atoms with Crippen molar-refractivity contribution in [1.82, 2.24) is 9.78 Å². The minimum absolute atomic E-state index is 0.0619. The van der Waals surface area contributed by atoms with Crippen molar-refractivity contribution in [1.29, 1.82) is 5.26 Å². The van der Waals surface area contributed by atoms with Gasteiger partial charge in [-0.15, -0.1) is 11.3 Å². The van der Waals surface area contributed by atoms with E-state index in [1.165, 1.54) is 39.7 Å². The second kappa shape index (κ2) is 8.10. The summed E-state index contributed by atoms with van der Waals surface area (Å²) in [6.07, 6.45) is 8.59. The van der Waals surface area contributed by atoms with Gasteiger partial charge in [0, 0.05) is 17.8 Å². The molecule has 1 N–H and O–H groups in total. The van der Waals surface area contributed by atoms with Crippen molar-refractivity contribution in [2.45, 2.75) is 51.5 Å². The van der Waals surface area contributed by atoms with Crippen LogP contribution in [0.5, 0.6) is 0 Å². The van der Waals surface area contributed by atoms with Gasteiger partial charge in [0.25, 0.3) is 0 Å². The average molecular weight is 373 g/mol. The summed E-state index contributed by atoms with van der Waals surface area (Å²) >= 11 is 1.52. The van der Waals surface area contributed by atoms with Gasteiger partial charge in [-0.2, -0.15) is 10.4 Å². The Morgan fingerprint density at radius 3 is 2.96 bits per heavy atom. The van der Waals surface area contributed by atoms with Gasteiger partial charge < -0.3 is 5.32 Å². The van der Waals surface area contributed by atoms with Crippen LogP contribution in [-0.2, 0) is 24.2 Å². The van der Waals surface area contributed by atoms with Gasteiger partial charge in [0.1, 0.15) is 23.5 Å². The van der Waals surface area contributed by atoms with Crippen molar-refractivity contribution in [3.05, 3.63) is 38.5 Å². The van der Waals surface area contributed by atoms with Crippen LogP contribution < -0.4 is 5.32 Å². The molecule has 0 saturated heterocycles. The molecule has 136 valence electrons. The molecule has 1 amide bonds. The summed E-state index contributed by atoms with van der Waals surface area (Å²) in [5.74, 6) is -0.153. The Kier molecular flexibility index (Phi) is 5.63. The van der Waals surface area contributed by atoms with E-state index in [0.717, 1.165) is 31.2 Å². The van der Waals surface area contributed by atoms with Gasteiger partial charge in [-0.05, 0) is 37.7 Å². The molecule has 2 aromatic heterocycles. The molecule has 1 aliphatic carbocycles. The number of hydrogen-bond donors (Lipinski definition) is 1. The molecule has 0 atom stereocenters. The van der Waals surface area contributed by atoms with Gasteiger partial charge in [0.15, 0.2) is 0 Å².